The van der Waals surface area contributed by atoms with Gasteiger partial charge in [0.05, 0.1) is 12.3 Å². The van der Waals surface area contributed by atoms with Crippen LogP contribution < -0.4 is 10.0 Å². The van der Waals surface area contributed by atoms with Crippen molar-refractivity contribution in [1.29, 1.82) is 0 Å². The van der Waals surface area contributed by atoms with Crippen molar-refractivity contribution in [3.8, 4) is 0 Å². The molecule has 6 nitrogen and oxygen atoms in total. The lowest BCUT2D eigenvalue weighted by Crippen LogP contribution is -2.48. The van der Waals surface area contributed by atoms with E-state index in [4.69, 9.17) is 0 Å². The van der Waals surface area contributed by atoms with E-state index in [2.05, 4.69) is 44.2 Å². The molecule has 1 aromatic heterocycles. The molecule has 3 heterocycles. The zero-order valence-electron chi connectivity index (χ0n) is 14.6. The zero-order valence-corrected chi connectivity index (χ0v) is 15.4. The van der Waals surface area contributed by atoms with E-state index in [1.807, 2.05) is 0 Å². The molecule has 4 rings (SSSR count). The van der Waals surface area contributed by atoms with Gasteiger partial charge in [-0.25, -0.2) is 13.1 Å². The van der Waals surface area contributed by atoms with Gasteiger partial charge in [-0.05, 0) is 30.9 Å². The molecule has 0 amide bonds. The topological polar surface area (TPSA) is 77.2 Å². The molecule has 3 N–H and O–H groups in total. The quantitative estimate of drug-likeness (QED) is 0.702. The van der Waals surface area contributed by atoms with Crippen molar-refractivity contribution >= 4 is 20.9 Å². The van der Waals surface area contributed by atoms with E-state index in [0.717, 1.165) is 32.4 Å². The number of aromatic amines is 1. The fourth-order valence-electron chi connectivity index (χ4n) is 4.31. The van der Waals surface area contributed by atoms with Crippen LogP contribution in [0.25, 0.3) is 10.9 Å². The largest absolute Gasteiger partial charge is 0.357 e. The molecule has 0 saturated carbocycles. The van der Waals surface area contributed by atoms with Crippen LogP contribution in [0.3, 0.4) is 0 Å². The van der Waals surface area contributed by atoms with Gasteiger partial charge in [0.1, 0.15) is 0 Å². The molecule has 0 unspecified atom stereocenters. The molecule has 0 radical (unpaired) electrons. The number of fused-ring (bicyclic) bond motifs is 5. The average molecular weight is 362 g/mol. The van der Waals surface area contributed by atoms with E-state index >= 15 is 0 Å². The van der Waals surface area contributed by atoms with Crippen molar-refractivity contribution in [1.82, 2.24) is 19.9 Å². The summed E-state index contributed by atoms with van der Waals surface area (Å²) < 4.78 is 24.8. The highest BCUT2D eigenvalue weighted by atomic mass is 32.2. The lowest BCUT2D eigenvalue weighted by molar-refractivity contribution is 0.114. The first kappa shape index (κ1) is 17.0. The molecule has 136 valence electrons. The highest BCUT2D eigenvalue weighted by Crippen LogP contribution is 2.39. The summed E-state index contributed by atoms with van der Waals surface area (Å²) in [5.74, 6) is 0. The summed E-state index contributed by atoms with van der Waals surface area (Å²) in [5.41, 5.74) is 4.10. The predicted molar refractivity (Wildman–Crippen MR) is 100 cm³/mol. The van der Waals surface area contributed by atoms with Gasteiger partial charge in [0.15, 0.2) is 0 Å². The number of hydrogen-bond acceptors (Lipinski definition) is 4. The van der Waals surface area contributed by atoms with Gasteiger partial charge in [0, 0.05) is 48.8 Å². The number of H-pyrrole nitrogens is 1. The van der Waals surface area contributed by atoms with Gasteiger partial charge >= 0.3 is 0 Å². The first-order chi connectivity index (χ1) is 12.0. The summed E-state index contributed by atoms with van der Waals surface area (Å²) in [6.45, 7) is 3.34. The van der Waals surface area contributed by atoms with Crippen molar-refractivity contribution in [2.75, 3.05) is 32.4 Å². The van der Waals surface area contributed by atoms with Crippen LogP contribution >= 0.6 is 0 Å². The Hall–Kier alpha value is -1.41. The second-order valence-electron chi connectivity index (χ2n) is 7.21. The first-order valence-corrected chi connectivity index (χ1v) is 10.9. The summed E-state index contributed by atoms with van der Waals surface area (Å²) in [5, 5.41) is 4.89. The number of rotatable bonds is 5. The fourth-order valence-corrected chi connectivity index (χ4v) is 4.78. The molecule has 7 heteroatoms. The molecule has 0 bridgehead atoms. The van der Waals surface area contributed by atoms with Crippen LogP contribution in [0.2, 0.25) is 0 Å². The molecule has 2 aliphatic heterocycles. The Morgan fingerprint density at radius 3 is 2.92 bits per heavy atom. The summed E-state index contributed by atoms with van der Waals surface area (Å²) >= 11 is 0. The Balaban J connectivity index is 1.45. The number of nitrogens with zero attached hydrogens (tertiary/aromatic N) is 1. The minimum Gasteiger partial charge on any atom is -0.357 e. The predicted octanol–water partition coefficient (Wildman–Crippen LogP) is 1.37. The average Bonchev–Trinajstić information content (AvgIpc) is 2.97. The SMILES string of the molecule is CS(=O)(=O)NCCN[C@H]1CCN2CCc3c([nH]c4ccccc34)[C@H]2C1. The smallest absolute Gasteiger partial charge is 0.208 e. The van der Waals surface area contributed by atoms with Gasteiger partial charge in [0.25, 0.3) is 0 Å². The molecule has 2 aromatic rings. The van der Waals surface area contributed by atoms with Gasteiger partial charge in [-0.2, -0.15) is 0 Å². The number of sulfonamides is 1. The van der Waals surface area contributed by atoms with Crippen LogP contribution in [-0.4, -0.2) is 56.8 Å². The van der Waals surface area contributed by atoms with E-state index in [1.54, 1.807) is 0 Å². The Morgan fingerprint density at radius 1 is 1.24 bits per heavy atom. The van der Waals surface area contributed by atoms with Gasteiger partial charge in [0.2, 0.25) is 10.0 Å². The third-order valence-electron chi connectivity index (χ3n) is 5.46. The maximum atomic E-state index is 11.1. The Bertz CT molecular complexity index is 861. The van der Waals surface area contributed by atoms with Crippen molar-refractivity contribution in [3.63, 3.8) is 0 Å². The lowest BCUT2D eigenvalue weighted by Gasteiger charge is -2.42. The summed E-state index contributed by atoms with van der Waals surface area (Å²) in [6, 6.07) is 9.44. The Morgan fingerprint density at radius 2 is 2.08 bits per heavy atom. The maximum Gasteiger partial charge on any atom is 0.208 e. The number of nitrogens with one attached hydrogen (secondary N) is 3. The third kappa shape index (κ3) is 3.60. The standard InChI is InChI=1S/C18H26N4O2S/c1-25(23,24)20-9-8-19-13-6-10-22-11-7-15-14-4-2-3-5-16(14)21-18(15)17(22)12-13/h2-5,13,17,19-21H,6-12H2,1H3/t13-,17+/m0/s1. The minimum atomic E-state index is -3.10. The molecule has 1 aromatic carbocycles. The molecular weight excluding hydrogens is 336 g/mol. The van der Waals surface area contributed by atoms with E-state index in [1.165, 1.54) is 28.4 Å². The summed E-state index contributed by atoms with van der Waals surface area (Å²) in [4.78, 5) is 6.25. The van der Waals surface area contributed by atoms with Gasteiger partial charge < -0.3 is 10.3 Å². The molecule has 2 aliphatic rings. The molecular formula is C18H26N4O2S. The van der Waals surface area contributed by atoms with Crippen molar-refractivity contribution in [2.24, 2.45) is 0 Å². The van der Waals surface area contributed by atoms with Crippen LogP contribution in [-0.2, 0) is 16.4 Å². The number of aromatic nitrogens is 1. The summed E-state index contributed by atoms with van der Waals surface area (Å²) in [6.07, 6.45) is 4.50. The lowest BCUT2D eigenvalue weighted by atomic mass is 9.88. The second-order valence-corrected chi connectivity index (χ2v) is 9.04. The van der Waals surface area contributed by atoms with Gasteiger partial charge in [-0.1, -0.05) is 18.2 Å². The number of hydrogen-bond donors (Lipinski definition) is 3. The van der Waals surface area contributed by atoms with Crippen molar-refractivity contribution in [2.45, 2.75) is 31.3 Å². The first-order valence-electron chi connectivity index (χ1n) is 9.03. The molecule has 0 aliphatic carbocycles. The van der Waals surface area contributed by atoms with E-state index in [9.17, 15) is 8.42 Å². The molecule has 1 fully saturated rings. The monoisotopic (exact) mass is 362 g/mol. The van der Waals surface area contributed by atoms with E-state index in [-0.39, 0.29) is 0 Å². The number of para-hydroxylation sites is 1. The highest BCUT2D eigenvalue weighted by Gasteiger charge is 2.35. The highest BCUT2D eigenvalue weighted by molar-refractivity contribution is 7.88. The van der Waals surface area contributed by atoms with Crippen LogP contribution in [0, 0.1) is 0 Å². The van der Waals surface area contributed by atoms with Crippen LogP contribution in [0.4, 0.5) is 0 Å². The van der Waals surface area contributed by atoms with Crippen LogP contribution in [0.5, 0.6) is 0 Å². The van der Waals surface area contributed by atoms with E-state index in [0.29, 0.717) is 25.2 Å². The van der Waals surface area contributed by atoms with E-state index < -0.39 is 10.0 Å². The third-order valence-corrected chi connectivity index (χ3v) is 6.19. The molecule has 2 atom stereocenters. The molecule has 0 spiro atoms. The van der Waals surface area contributed by atoms with Crippen molar-refractivity contribution in [3.05, 3.63) is 35.5 Å². The molecule has 1 saturated heterocycles. The van der Waals surface area contributed by atoms with Crippen molar-refractivity contribution < 1.29 is 8.42 Å². The normalized spacial score (nSPS) is 24.2. The zero-order chi connectivity index (χ0) is 17.4. The maximum absolute atomic E-state index is 11.1. The Kier molecular flexibility index (Phi) is 4.58. The number of benzene rings is 1. The molecule has 25 heavy (non-hydrogen) atoms. The second kappa shape index (κ2) is 6.72. The van der Waals surface area contributed by atoms with Crippen LogP contribution in [0.15, 0.2) is 24.3 Å². The Labute approximate surface area is 149 Å². The van der Waals surface area contributed by atoms with Gasteiger partial charge in [-0.15, -0.1) is 0 Å². The number of piperidine rings is 1. The minimum absolute atomic E-state index is 0.431. The fraction of sp³-hybridized carbons (Fsp3) is 0.556. The van der Waals surface area contributed by atoms with Crippen LogP contribution in [0.1, 0.15) is 30.1 Å². The van der Waals surface area contributed by atoms with Gasteiger partial charge in [-0.3, -0.25) is 4.90 Å². The summed E-state index contributed by atoms with van der Waals surface area (Å²) in [7, 11) is -3.10.